The fraction of sp³-hybridized carbons (Fsp3) is 0.476. The maximum Gasteiger partial charge on any atom is 0.329 e. The largest absolute Gasteiger partial charge is 0.494 e. The second kappa shape index (κ2) is 15.0. The van der Waals surface area contributed by atoms with Crippen molar-refractivity contribution in [3.63, 3.8) is 0 Å². The van der Waals surface area contributed by atoms with Crippen molar-refractivity contribution >= 4 is 45.3 Å². The number of fused-ring (bicyclic) bond motifs is 2. The SMILES string of the molecule is COc1cc2nn(C3CCC(CN4CCC(c5cccc6c5n(C)c(=O)n6[C@H]5CCC(=O)NC5=O)CC4)CC3)cc2cc1NC(=O)c1cccc(C(C)(C)O)n1. The number of hydrogen-bond acceptors (Lipinski definition) is 9. The van der Waals surface area contributed by atoms with Crippen LogP contribution in [0.4, 0.5) is 5.69 Å². The summed E-state index contributed by atoms with van der Waals surface area (Å²) in [7, 11) is 3.35. The van der Waals surface area contributed by atoms with Crippen LogP contribution in [0.5, 0.6) is 5.75 Å². The average molecular weight is 763 g/mol. The fourth-order valence-electron chi connectivity index (χ4n) is 9.03. The molecule has 0 unspecified atom stereocenters. The van der Waals surface area contributed by atoms with E-state index in [1.165, 1.54) is 0 Å². The lowest BCUT2D eigenvalue weighted by Crippen LogP contribution is -2.44. The van der Waals surface area contributed by atoms with Crippen LogP contribution in [0, 0.1) is 5.92 Å². The van der Waals surface area contributed by atoms with Crippen molar-refractivity contribution in [2.75, 3.05) is 32.1 Å². The number of pyridine rings is 1. The number of imidazole rings is 1. The number of carbonyl (C=O) groups excluding carboxylic acids is 3. The minimum Gasteiger partial charge on any atom is -0.494 e. The molecule has 3 N–H and O–H groups in total. The number of hydrogen-bond donors (Lipinski definition) is 3. The van der Waals surface area contributed by atoms with Gasteiger partial charge in [-0.2, -0.15) is 5.10 Å². The maximum absolute atomic E-state index is 13.5. The summed E-state index contributed by atoms with van der Waals surface area (Å²) in [6, 6.07) is 14.4. The predicted molar refractivity (Wildman–Crippen MR) is 212 cm³/mol. The normalized spacial score (nSPS) is 21.4. The Balaban J connectivity index is 0.877. The highest BCUT2D eigenvalue weighted by molar-refractivity contribution is 6.05. The Bertz CT molecular complexity index is 2370. The molecule has 0 radical (unpaired) electrons. The van der Waals surface area contributed by atoms with Gasteiger partial charge in [-0.25, -0.2) is 9.78 Å². The van der Waals surface area contributed by atoms with E-state index >= 15 is 0 Å². The second-order valence-electron chi connectivity index (χ2n) is 16.3. The molecule has 2 aromatic carbocycles. The van der Waals surface area contributed by atoms with Crippen molar-refractivity contribution in [3.05, 3.63) is 82.2 Å². The molecule has 56 heavy (non-hydrogen) atoms. The van der Waals surface area contributed by atoms with E-state index < -0.39 is 23.5 Å². The van der Waals surface area contributed by atoms with Gasteiger partial charge in [0.2, 0.25) is 11.8 Å². The van der Waals surface area contributed by atoms with E-state index in [-0.39, 0.29) is 23.7 Å². The summed E-state index contributed by atoms with van der Waals surface area (Å²) in [4.78, 5) is 58.1. The smallest absolute Gasteiger partial charge is 0.329 e. The van der Waals surface area contributed by atoms with Crippen molar-refractivity contribution in [2.45, 2.75) is 88.8 Å². The van der Waals surface area contributed by atoms with Gasteiger partial charge in [0.25, 0.3) is 5.91 Å². The Morgan fingerprint density at radius 2 is 1.75 bits per heavy atom. The Morgan fingerprint density at radius 1 is 1.00 bits per heavy atom. The van der Waals surface area contributed by atoms with Crippen LogP contribution in [0.1, 0.15) is 105 Å². The van der Waals surface area contributed by atoms with Crippen molar-refractivity contribution < 1.29 is 24.2 Å². The van der Waals surface area contributed by atoms with Gasteiger partial charge in [-0.3, -0.25) is 33.5 Å². The van der Waals surface area contributed by atoms with Crippen LogP contribution in [0.15, 0.2) is 59.5 Å². The van der Waals surface area contributed by atoms with Crippen LogP contribution < -0.4 is 21.1 Å². The van der Waals surface area contributed by atoms with E-state index in [4.69, 9.17) is 9.84 Å². The Morgan fingerprint density at radius 3 is 2.46 bits per heavy atom. The van der Waals surface area contributed by atoms with Gasteiger partial charge in [0.1, 0.15) is 23.1 Å². The number of methoxy groups -OCH3 is 1. The molecule has 2 saturated heterocycles. The maximum atomic E-state index is 13.5. The standard InChI is InChI=1S/C42H50N8O6/c1-42(2,55)36-10-6-8-30(43-36)39(52)44-32-21-27-24-49(46-31(27)22-35(32)56-4)28-13-11-25(12-14-28)23-48-19-17-26(18-20-48)29-7-5-9-33-38(29)47(3)41(54)50(33)34-15-16-37(51)45-40(34)53/h5-10,21-22,24-26,28,34,55H,11-20,23H2,1-4H3,(H,44,52)(H,45,51,53)/t25?,28?,34-/m0/s1. The van der Waals surface area contributed by atoms with Gasteiger partial charge in [0.05, 0.1) is 41.1 Å². The van der Waals surface area contributed by atoms with Gasteiger partial charge in [0, 0.05) is 37.7 Å². The van der Waals surface area contributed by atoms with Crippen LogP contribution in [0.25, 0.3) is 21.9 Å². The average Bonchev–Trinajstić information content (AvgIpc) is 3.72. The molecule has 1 saturated carbocycles. The molecule has 2 aliphatic heterocycles. The number of nitrogens with one attached hydrogen (secondary N) is 2. The van der Waals surface area contributed by atoms with Gasteiger partial charge < -0.3 is 20.1 Å². The minimum atomic E-state index is -1.17. The van der Waals surface area contributed by atoms with Gasteiger partial charge in [-0.15, -0.1) is 0 Å². The van der Waals surface area contributed by atoms with E-state index in [1.54, 1.807) is 55.3 Å². The molecule has 5 heterocycles. The molecule has 14 nitrogen and oxygen atoms in total. The number of nitrogens with zero attached hydrogens (tertiary/aromatic N) is 6. The Hall–Kier alpha value is -5.34. The number of aryl methyl sites for hydroxylation is 1. The molecule has 5 aromatic rings. The topological polar surface area (TPSA) is 166 Å². The quantitative estimate of drug-likeness (QED) is 0.172. The molecule has 3 amide bonds. The molecule has 8 rings (SSSR count). The second-order valence-corrected chi connectivity index (χ2v) is 16.3. The summed E-state index contributed by atoms with van der Waals surface area (Å²) in [5.41, 5.74) is 3.34. The zero-order valence-electron chi connectivity index (χ0n) is 32.5. The number of likely N-dealkylation sites (tertiary alicyclic amines) is 1. The molecular formula is C42H50N8O6. The van der Waals surface area contributed by atoms with Crippen LogP contribution in [0.2, 0.25) is 0 Å². The molecule has 14 heteroatoms. The van der Waals surface area contributed by atoms with Crippen LogP contribution >= 0.6 is 0 Å². The number of ether oxygens (including phenoxy) is 1. The first kappa shape index (κ1) is 37.6. The summed E-state index contributed by atoms with van der Waals surface area (Å²) < 4.78 is 11.0. The molecule has 1 aliphatic carbocycles. The summed E-state index contributed by atoms with van der Waals surface area (Å²) in [5, 5.41) is 21.5. The van der Waals surface area contributed by atoms with E-state index in [0.29, 0.717) is 41.4 Å². The fourth-order valence-corrected chi connectivity index (χ4v) is 9.03. The summed E-state index contributed by atoms with van der Waals surface area (Å²) in [6.07, 6.45) is 8.93. The first-order valence-corrected chi connectivity index (χ1v) is 19.7. The number of para-hydroxylation sites is 1. The van der Waals surface area contributed by atoms with Crippen LogP contribution in [-0.4, -0.2) is 78.4 Å². The number of amides is 3. The zero-order chi connectivity index (χ0) is 39.3. The monoisotopic (exact) mass is 762 g/mol. The Labute approximate surface area is 324 Å². The van der Waals surface area contributed by atoms with Gasteiger partial charge in [0.15, 0.2) is 0 Å². The summed E-state index contributed by atoms with van der Waals surface area (Å²) >= 11 is 0. The van der Waals surface area contributed by atoms with E-state index in [0.717, 1.165) is 85.7 Å². The first-order valence-electron chi connectivity index (χ1n) is 19.7. The number of aliphatic hydroxyl groups is 1. The van der Waals surface area contributed by atoms with Gasteiger partial charge in [-0.05, 0) is 114 Å². The van der Waals surface area contributed by atoms with E-state index in [9.17, 15) is 24.3 Å². The number of anilines is 1. The number of piperidine rings is 2. The number of rotatable bonds is 9. The highest BCUT2D eigenvalue weighted by Gasteiger charge is 2.33. The molecule has 3 fully saturated rings. The number of imide groups is 1. The third kappa shape index (κ3) is 7.23. The predicted octanol–water partition coefficient (Wildman–Crippen LogP) is 5.16. The molecule has 1 atom stereocenters. The van der Waals surface area contributed by atoms with Crippen molar-refractivity contribution in [2.24, 2.45) is 13.0 Å². The zero-order valence-corrected chi connectivity index (χ0v) is 32.5. The third-order valence-corrected chi connectivity index (χ3v) is 12.1. The highest BCUT2D eigenvalue weighted by Crippen LogP contribution is 2.38. The summed E-state index contributed by atoms with van der Waals surface area (Å²) in [6.45, 7) is 6.33. The lowest BCUT2D eigenvalue weighted by atomic mass is 9.84. The van der Waals surface area contributed by atoms with E-state index in [2.05, 4.69) is 37.5 Å². The molecule has 3 aliphatic rings. The van der Waals surface area contributed by atoms with Crippen LogP contribution in [0.3, 0.4) is 0 Å². The van der Waals surface area contributed by atoms with Crippen molar-refractivity contribution in [1.29, 1.82) is 0 Å². The van der Waals surface area contributed by atoms with Gasteiger partial charge in [-0.1, -0.05) is 18.2 Å². The summed E-state index contributed by atoms with van der Waals surface area (Å²) in [5.74, 6) is 0.341. The Kier molecular flexibility index (Phi) is 10.0. The lowest BCUT2D eigenvalue weighted by molar-refractivity contribution is -0.135. The molecular weight excluding hydrogens is 713 g/mol. The first-order chi connectivity index (χ1) is 26.9. The number of carbonyl (C=O) groups is 3. The molecule has 0 spiro atoms. The molecule has 3 aromatic heterocycles. The van der Waals surface area contributed by atoms with Crippen molar-refractivity contribution in [1.82, 2.24) is 34.1 Å². The minimum absolute atomic E-state index is 0.202. The lowest BCUT2D eigenvalue weighted by Gasteiger charge is -2.37. The van der Waals surface area contributed by atoms with Crippen molar-refractivity contribution in [3.8, 4) is 5.75 Å². The van der Waals surface area contributed by atoms with Gasteiger partial charge >= 0.3 is 5.69 Å². The molecule has 294 valence electrons. The number of aromatic nitrogens is 5. The highest BCUT2D eigenvalue weighted by atomic mass is 16.5. The number of benzene rings is 2. The van der Waals surface area contributed by atoms with Crippen LogP contribution in [-0.2, 0) is 22.2 Å². The third-order valence-electron chi connectivity index (χ3n) is 12.1. The molecule has 0 bridgehead atoms. The van der Waals surface area contributed by atoms with E-state index in [1.807, 2.05) is 24.3 Å².